The van der Waals surface area contributed by atoms with E-state index in [1.54, 1.807) is 36.9 Å². The normalized spacial score (nSPS) is 11.1. The molecule has 9 nitrogen and oxygen atoms in total. The van der Waals surface area contributed by atoms with E-state index in [-0.39, 0.29) is 17.8 Å². The van der Waals surface area contributed by atoms with Gasteiger partial charge in [-0.15, -0.1) is 0 Å². The van der Waals surface area contributed by atoms with Gasteiger partial charge in [0.1, 0.15) is 5.75 Å². The number of aromatic nitrogens is 4. The van der Waals surface area contributed by atoms with Crippen LogP contribution in [0.2, 0.25) is 5.02 Å². The van der Waals surface area contributed by atoms with Gasteiger partial charge in [-0.3, -0.25) is 18.7 Å². The summed E-state index contributed by atoms with van der Waals surface area (Å²) in [5.74, 6) is 0.796. The first-order valence-electron chi connectivity index (χ1n) is 8.63. The summed E-state index contributed by atoms with van der Waals surface area (Å²) in [6.45, 7) is 0. The number of nitrogens with zero attached hydrogens (tertiary/aromatic N) is 4. The number of halogens is 1. The van der Waals surface area contributed by atoms with Crippen molar-refractivity contribution in [2.24, 2.45) is 21.1 Å². The number of ether oxygens (including phenoxy) is 1. The number of amides is 1. The number of anilines is 1. The third-order valence-electron chi connectivity index (χ3n) is 4.42. The summed E-state index contributed by atoms with van der Waals surface area (Å²) in [6.07, 6.45) is 0.231. The van der Waals surface area contributed by atoms with Gasteiger partial charge in [-0.2, -0.15) is 0 Å². The Bertz CT molecular complexity index is 1210. The van der Waals surface area contributed by atoms with Gasteiger partial charge in [0, 0.05) is 39.0 Å². The molecule has 11 heteroatoms. The molecular formula is C18H20ClN5O4S. The van der Waals surface area contributed by atoms with Crippen molar-refractivity contribution in [3.05, 3.63) is 44.1 Å². The molecule has 1 aromatic carbocycles. The highest BCUT2D eigenvalue weighted by Gasteiger charge is 2.17. The molecule has 0 fully saturated rings. The lowest BCUT2D eigenvalue weighted by molar-refractivity contribution is -0.115. The number of nitrogens with one attached hydrogen (secondary N) is 1. The van der Waals surface area contributed by atoms with Gasteiger partial charge < -0.3 is 14.6 Å². The van der Waals surface area contributed by atoms with Crippen molar-refractivity contribution in [3.63, 3.8) is 0 Å². The largest absolute Gasteiger partial charge is 0.495 e. The predicted octanol–water partition coefficient (Wildman–Crippen LogP) is 1.75. The number of thioether (sulfide) groups is 1. The van der Waals surface area contributed by atoms with Crippen LogP contribution in [0, 0.1) is 0 Å². The molecule has 0 spiro atoms. The molecule has 0 unspecified atom stereocenters. The lowest BCUT2D eigenvalue weighted by atomic mass is 10.3. The topological polar surface area (TPSA) is 100 Å². The zero-order chi connectivity index (χ0) is 21.3. The molecule has 2 heterocycles. The summed E-state index contributed by atoms with van der Waals surface area (Å²) in [7, 11) is 6.26. The maximum atomic E-state index is 12.3. The molecule has 0 atom stereocenters. The zero-order valence-corrected chi connectivity index (χ0v) is 17.9. The van der Waals surface area contributed by atoms with E-state index in [2.05, 4.69) is 10.3 Å². The maximum Gasteiger partial charge on any atom is 0.332 e. The summed E-state index contributed by atoms with van der Waals surface area (Å²) in [5.41, 5.74) is 0.376. The number of methoxy groups -OCH3 is 1. The maximum absolute atomic E-state index is 12.3. The minimum atomic E-state index is -0.445. The van der Waals surface area contributed by atoms with Crippen molar-refractivity contribution in [1.82, 2.24) is 18.7 Å². The van der Waals surface area contributed by atoms with Crippen molar-refractivity contribution in [2.75, 3.05) is 18.2 Å². The fourth-order valence-corrected chi connectivity index (χ4v) is 4.05. The number of benzene rings is 1. The summed E-state index contributed by atoms with van der Waals surface area (Å²) >= 11 is 7.39. The van der Waals surface area contributed by atoms with Crippen LogP contribution < -0.4 is 21.3 Å². The Morgan fingerprint density at radius 2 is 1.93 bits per heavy atom. The molecule has 1 amide bonds. The van der Waals surface area contributed by atoms with Gasteiger partial charge in [0.05, 0.1) is 12.1 Å². The molecule has 0 aliphatic carbocycles. The highest BCUT2D eigenvalue weighted by Crippen LogP contribution is 2.27. The SMILES string of the molecule is COc1ccc(NC(=O)CCSc2nc3c(=O)n(C)c(=O)n(C)c3n2C)cc1Cl. The van der Waals surface area contributed by atoms with Crippen molar-refractivity contribution in [2.45, 2.75) is 11.6 Å². The first-order valence-corrected chi connectivity index (χ1v) is 9.99. The number of carbonyl (C=O) groups excluding carboxylic acids is 1. The summed E-state index contributed by atoms with van der Waals surface area (Å²) in [4.78, 5) is 41.0. The molecule has 0 radical (unpaired) electrons. The van der Waals surface area contributed by atoms with Crippen molar-refractivity contribution >= 4 is 46.1 Å². The Labute approximate surface area is 175 Å². The number of carbonyl (C=O) groups is 1. The average Bonchev–Trinajstić information content (AvgIpc) is 3.01. The van der Waals surface area contributed by atoms with Crippen molar-refractivity contribution in [1.29, 1.82) is 0 Å². The second-order valence-electron chi connectivity index (χ2n) is 6.33. The van der Waals surface area contributed by atoms with E-state index in [0.717, 1.165) is 4.57 Å². The van der Waals surface area contributed by atoms with Crippen LogP contribution in [0.15, 0.2) is 32.9 Å². The van der Waals surface area contributed by atoms with E-state index in [0.29, 0.717) is 33.0 Å². The highest BCUT2D eigenvalue weighted by molar-refractivity contribution is 7.99. The van der Waals surface area contributed by atoms with Gasteiger partial charge in [0.2, 0.25) is 5.91 Å². The van der Waals surface area contributed by atoms with Gasteiger partial charge >= 0.3 is 5.69 Å². The number of fused-ring (bicyclic) bond motifs is 1. The summed E-state index contributed by atoms with van der Waals surface area (Å²) < 4.78 is 9.18. The highest BCUT2D eigenvalue weighted by atomic mass is 35.5. The Morgan fingerprint density at radius 3 is 2.59 bits per heavy atom. The molecule has 29 heavy (non-hydrogen) atoms. The third-order valence-corrected chi connectivity index (χ3v) is 5.75. The second kappa shape index (κ2) is 8.34. The van der Waals surface area contributed by atoms with Crippen molar-refractivity contribution in [3.8, 4) is 5.75 Å². The fourth-order valence-electron chi connectivity index (χ4n) is 2.89. The number of hydrogen-bond acceptors (Lipinski definition) is 6. The van der Waals surface area contributed by atoms with Crippen LogP contribution >= 0.6 is 23.4 Å². The van der Waals surface area contributed by atoms with Gasteiger partial charge in [0.25, 0.3) is 5.56 Å². The number of hydrogen-bond donors (Lipinski definition) is 1. The Kier molecular flexibility index (Phi) is 6.04. The predicted molar refractivity (Wildman–Crippen MR) is 113 cm³/mol. The van der Waals surface area contributed by atoms with Gasteiger partial charge in [-0.25, -0.2) is 9.78 Å². The number of imidazole rings is 1. The molecule has 0 aliphatic heterocycles. The number of rotatable bonds is 6. The third kappa shape index (κ3) is 4.03. The molecule has 154 valence electrons. The van der Waals surface area contributed by atoms with E-state index in [1.807, 2.05) is 0 Å². The Balaban J connectivity index is 1.69. The first kappa shape index (κ1) is 21.0. The minimum Gasteiger partial charge on any atom is -0.495 e. The second-order valence-corrected chi connectivity index (χ2v) is 7.80. The van der Waals surface area contributed by atoms with Crippen LogP contribution in [0.25, 0.3) is 11.2 Å². The van der Waals surface area contributed by atoms with Crippen LogP contribution in [-0.4, -0.2) is 37.5 Å². The lowest BCUT2D eigenvalue weighted by Crippen LogP contribution is -2.37. The lowest BCUT2D eigenvalue weighted by Gasteiger charge is -2.08. The van der Waals surface area contributed by atoms with Crippen LogP contribution in [-0.2, 0) is 25.9 Å². The monoisotopic (exact) mass is 437 g/mol. The molecular weight excluding hydrogens is 418 g/mol. The fraction of sp³-hybridized carbons (Fsp3) is 0.333. The quantitative estimate of drug-likeness (QED) is 0.590. The molecule has 0 bridgehead atoms. The molecule has 0 aliphatic rings. The first-order chi connectivity index (χ1) is 13.7. The van der Waals surface area contributed by atoms with E-state index in [1.165, 1.54) is 30.5 Å². The van der Waals surface area contributed by atoms with Crippen LogP contribution in [0.4, 0.5) is 5.69 Å². The summed E-state index contributed by atoms with van der Waals surface area (Å²) in [6, 6.07) is 5.00. The molecule has 0 saturated heterocycles. The van der Waals surface area contributed by atoms with E-state index >= 15 is 0 Å². The minimum absolute atomic E-state index is 0.180. The van der Waals surface area contributed by atoms with E-state index in [4.69, 9.17) is 16.3 Å². The molecule has 3 aromatic rings. The van der Waals surface area contributed by atoms with Crippen LogP contribution in [0.3, 0.4) is 0 Å². The molecule has 3 rings (SSSR count). The standard InChI is InChI=1S/C18H20ClN5O4S/c1-22-15-14(16(26)24(3)18(27)23(15)2)21-17(22)29-8-7-13(25)20-10-5-6-12(28-4)11(19)9-10/h5-6,9H,7-8H2,1-4H3,(H,20,25). The van der Waals surface area contributed by atoms with Crippen LogP contribution in [0.5, 0.6) is 5.75 Å². The Morgan fingerprint density at radius 1 is 1.21 bits per heavy atom. The van der Waals surface area contributed by atoms with E-state index in [9.17, 15) is 14.4 Å². The smallest absolute Gasteiger partial charge is 0.332 e. The summed E-state index contributed by atoms with van der Waals surface area (Å²) in [5, 5.41) is 3.74. The number of aryl methyl sites for hydroxylation is 2. The van der Waals surface area contributed by atoms with Gasteiger partial charge in [0.15, 0.2) is 16.3 Å². The van der Waals surface area contributed by atoms with Crippen molar-refractivity contribution < 1.29 is 9.53 Å². The molecule has 1 N–H and O–H groups in total. The zero-order valence-electron chi connectivity index (χ0n) is 16.4. The molecule has 0 saturated carbocycles. The van der Waals surface area contributed by atoms with Gasteiger partial charge in [-0.1, -0.05) is 23.4 Å². The average molecular weight is 438 g/mol. The molecule has 2 aromatic heterocycles. The van der Waals surface area contributed by atoms with Gasteiger partial charge in [-0.05, 0) is 18.2 Å². The Hall–Kier alpha value is -2.72. The van der Waals surface area contributed by atoms with Crippen LogP contribution in [0.1, 0.15) is 6.42 Å². The van der Waals surface area contributed by atoms with E-state index < -0.39 is 11.2 Å².